The number of ether oxygens (including phenoxy) is 2. The first-order valence-electron chi connectivity index (χ1n) is 4.05. The highest BCUT2D eigenvalue weighted by molar-refractivity contribution is 5.81. The van der Waals surface area contributed by atoms with Gasteiger partial charge in [-0.2, -0.15) is 0 Å². The van der Waals surface area contributed by atoms with Crippen molar-refractivity contribution in [1.29, 1.82) is 0 Å². The Morgan fingerprint density at radius 2 is 2.07 bits per heavy atom. The third kappa shape index (κ3) is 2.30. The Bertz CT molecular complexity index is 228. The topological polar surface area (TPSA) is 96.2 Å². The van der Waals surface area contributed by atoms with Gasteiger partial charge in [-0.05, 0) is 0 Å². The highest BCUT2D eigenvalue weighted by Gasteiger charge is 2.39. The second-order valence-electron chi connectivity index (χ2n) is 2.89. The van der Waals surface area contributed by atoms with E-state index in [1.54, 1.807) is 0 Å². The van der Waals surface area contributed by atoms with E-state index < -0.39 is 30.6 Å². The van der Waals surface area contributed by atoms with Gasteiger partial charge in [0.25, 0.3) is 0 Å². The maximum Gasteiger partial charge on any atom is 0.332 e. The fraction of sp³-hybridized carbons (Fsp3) is 0.625. The fourth-order valence-electron chi connectivity index (χ4n) is 1.05. The smallest absolute Gasteiger partial charge is 0.332 e. The zero-order valence-corrected chi connectivity index (χ0v) is 7.37. The third-order valence-electron chi connectivity index (χ3n) is 1.85. The molecule has 6 heteroatoms. The normalized spacial score (nSPS) is 37.6. The molecule has 4 atom stereocenters. The van der Waals surface area contributed by atoms with Crippen molar-refractivity contribution >= 4 is 5.97 Å². The maximum absolute atomic E-state index is 10.7. The highest BCUT2D eigenvalue weighted by Crippen LogP contribution is 2.16. The van der Waals surface area contributed by atoms with Crippen molar-refractivity contribution in [2.24, 2.45) is 0 Å². The molecule has 1 aliphatic heterocycles. The van der Waals surface area contributed by atoms with E-state index in [9.17, 15) is 15.0 Å². The summed E-state index contributed by atoms with van der Waals surface area (Å²) in [5.41, 5.74) is 0. The quantitative estimate of drug-likeness (QED) is 0.361. The molecule has 0 aromatic carbocycles. The summed E-state index contributed by atoms with van der Waals surface area (Å²) >= 11 is 0. The average molecular weight is 204 g/mol. The minimum atomic E-state index is -1.46. The zero-order valence-electron chi connectivity index (χ0n) is 7.37. The molecular weight excluding hydrogens is 192 g/mol. The number of rotatable bonds is 2. The van der Waals surface area contributed by atoms with Crippen LogP contribution < -0.4 is 0 Å². The molecule has 6 nitrogen and oxygen atoms in total. The first kappa shape index (κ1) is 11.1. The van der Waals surface area contributed by atoms with Gasteiger partial charge >= 0.3 is 5.97 Å². The summed E-state index contributed by atoms with van der Waals surface area (Å²) in [7, 11) is 0. The van der Waals surface area contributed by atoms with Crippen LogP contribution in [0.25, 0.3) is 0 Å². The second-order valence-corrected chi connectivity index (χ2v) is 2.89. The molecule has 0 aromatic rings. The predicted octanol–water partition coefficient (Wildman–Crippen LogP) is -1.85. The number of hydrogen-bond donors (Lipinski definition) is 3. The first-order chi connectivity index (χ1) is 6.56. The number of esters is 1. The predicted molar refractivity (Wildman–Crippen MR) is 44.0 cm³/mol. The van der Waals surface area contributed by atoms with Crippen LogP contribution in [0.3, 0.4) is 0 Å². The molecule has 1 rings (SSSR count). The number of aliphatic hydroxyl groups is 3. The Hall–Kier alpha value is -0.950. The van der Waals surface area contributed by atoms with E-state index in [-0.39, 0.29) is 6.61 Å². The van der Waals surface area contributed by atoms with Gasteiger partial charge in [0.2, 0.25) is 6.29 Å². The lowest BCUT2D eigenvalue weighted by atomic mass is 10.1. The molecule has 0 aromatic heterocycles. The first-order valence-corrected chi connectivity index (χ1v) is 4.05. The molecule has 0 aliphatic carbocycles. The van der Waals surface area contributed by atoms with Crippen molar-refractivity contribution in [2.45, 2.75) is 24.6 Å². The van der Waals surface area contributed by atoms with Gasteiger partial charge in [-0.25, -0.2) is 4.79 Å². The van der Waals surface area contributed by atoms with Gasteiger partial charge in [0.15, 0.2) is 0 Å². The van der Waals surface area contributed by atoms with Crippen molar-refractivity contribution in [3.63, 3.8) is 0 Å². The van der Waals surface area contributed by atoms with E-state index in [1.807, 2.05) is 0 Å². The number of carbonyl (C=O) groups is 1. The van der Waals surface area contributed by atoms with Crippen molar-refractivity contribution in [3.8, 4) is 0 Å². The number of aliphatic hydroxyl groups excluding tert-OH is 3. The van der Waals surface area contributed by atoms with Crippen LogP contribution in [0.1, 0.15) is 0 Å². The summed E-state index contributed by atoms with van der Waals surface area (Å²) in [5.74, 6) is -0.766. The summed E-state index contributed by atoms with van der Waals surface area (Å²) < 4.78 is 9.37. The molecule has 0 spiro atoms. The second kappa shape index (κ2) is 4.52. The summed E-state index contributed by atoms with van der Waals surface area (Å²) in [4.78, 5) is 10.7. The van der Waals surface area contributed by atoms with Crippen LogP contribution in [0.5, 0.6) is 0 Å². The molecule has 1 heterocycles. The van der Waals surface area contributed by atoms with E-state index in [0.717, 1.165) is 6.08 Å². The van der Waals surface area contributed by atoms with Gasteiger partial charge < -0.3 is 24.8 Å². The van der Waals surface area contributed by atoms with Gasteiger partial charge in [0.05, 0.1) is 6.61 Å². The van der Waals surface area contributed by atoms with E-state index in [0.29, 0.717) is 0 Å². The van der Waals surface area contributed by atoms with Gasteiger partial charge in [-0.1, -0.05) is 6.58 Å². The van der Waals surface area contributed by atoms with E-state index >= 15 is 0 Å². The largest absolute Gasteiger partial charge is 0.430 e. The Labute approximate surface area is 80.4 Å². The van der Waals surface area contributed by atoms with E-state index in [4.69, 9.17) is 9.84 Å². The fourth-order valence-corrected chi connectivity index (χ4v) is 1.05. The Balaban J connectivity index is 2.54. The lowest BCUT2D eigenvalue weighted by Gasteiger charge is -2.34. The van der Waals surface area contributed by atoms with E-state index in [1.165, 1.54) is 0 Å². The molecule has 1 saturated heterocycles. The minimum absolute atomic E-state index is 0.201. The number of hydrogen-bond acceptors (Lipinski definition) is 6. The summed E-state index contributed by atoms with van der Waals surface area (Å²) in [6.07, 6.45) is -4.37. The molecule has 3 N–H and O–H groups in total. The van der Waals surface area contributed by atoms with Gasteiger partial charge in [0, 0.05) is 6.08 Å². The molecule has 14 heavy (non-hydrogen) atoms. The zero-order chi connectivity index (χ0) is 10.7. The molecule has 4 unspecified atom stereocenters. The van der Waals surface area contributed by atoms with Crippen molar-refractivity contribution < 1.29 is 29.6 Å². The van der Waals surface area contributed by atoms with Gasteiger partial charge in [-0.15, -0.1) is 0 Å². The Morgan fingerprint density at radius 1 is 1.43 bits per heavy atom. The maximum atomic E-state index is 10.7. The molecule has 1 aliphatic rings. The van der Waals surface area contributed by atoms with Crippen LogP contribution in [0.2, 0.25) is 0 Å². The molecule has 0 radical (unpaired) electrons. The third-order valence-corrected chi connectivity index (χ3v) is 1.85. The highest BCUT2D eigenvalue weighted by atomic mass is 16.7. The standard InChI is InChI=1S/C8H12O6/c1-2-5(10)14-8-7(12)6(11)4(9)3-13-8/h2,4,6-9,11-12H,1,3H2. The van der Waals surface area contributed by atoms with Crippen LogP contribution in [0.4, 0.5) is 0 Å². The molecule has 0 saturated carbocycles. The van der Waals surface area contributed by atoms with Crippen LogP contribution in [-0.2, 0) is 14.3 Å². The molecule has 0 bridgehead atoms. The van der Waals surface area contributed by atoms with E-state index in [2.05, 4.69) is 11.3 Å². The summed E-state index contributed by atoms with van der Waals surface area (Å²) in [5, 5.41) is 27.6. The van der Waals surface area contributed by atoms with Crippen molar-refractivity contribution in [1.82, 2.24) is 0 Å². The Kier molecular flexibility index (Phi) is 3.59. The molecular formula is C8H12O6. The Morgan fingerprint density at radius 3 is 2.64 bits per heavy atom. The van der Waals surface area contributed by atoms with Crippen LogP contribution >= 0.6 is 0 Å². The summed E-state index contributed by atoms with van der Waals surface area (Å²) in [6, 6.07) is 0. The SMILES string of the molecule is C=CC(=O)OC1OCC(O)C(O)C1O. The molecule has 0 amide bonds. The molecule has 1 fully saturated rings. The minimum Gasteiger partial charge on any atom is -0.430 e. The van der Waals surface area contributed by atoms with Gasteiger partial charge in [0.1, 0.15) is 18.3 Å². The van der Waals surface area contributed by atoms with Gasteiger partial charge in [-0.3, -0.25) is 0 Å². The number of carbonyl (C=O) groups excluding carboxylic acids is 1. The lowest BCUT2D eigenvalue weighted by molar-refractivity contribution is -0.260. The molecule has 80 valence electrons. The van der Waals surface area contributed by atoms with Crippen LogP contribution in [0.15, 0.2) is 12.7 Å². The lowest BCUT2D eigenvalue weighted by Crippen LogP contribution is -2.54. The van der Waals surface area contributed by atoms with Crippen LogP contribution in [-0.4, -0.2) is 52.5 Å². The van der Waals surface area contributed by atoms with Crippen molar-refractivity contribution in [2.75, 3.05) is 6.61 Å². The van der Waals surface area contributed by atoms with Crippen LogP contribution in [0, 0.1) is 0 Å². The average Bonchev–Trinajstić information content (AvgIpc) is 2.19. The van der Waals surface area contributed by atoms with Crippen molar-refractivity contribution in [3.05, 3.63) is 12.7 Å². The summed E-state index contributed by atoms with van der Waals surface area (Å²) in [6.45, 7) is 2.96. The monoisotopic (exact) mass is 204 g/mol.